The van der Waals surface area contributed by atoms with E-state index in [1.54, 1.807) is 6.07 Å². The molecule has 68 valence electrons. The average Bonchev–Trinajstić information content (AvgIpc) is 2.07. The number of carbonyl (C=O) groups is 1. The molecule has 2 rings (SSSR count). The van der Waals surface area contributed by atoms with Crippen molar-refractivity contribution in [2.45, 2.75) is 6.42 Å². The number of ketones is 1. The van der Waals surface area contributed by atoms with Gasteiger partial charge in [-0.15, -0.1) is 0 Å². The van der Waals surface area contributed by atoms with Gasteiger partial charge in [-0.1, -0.05) is 15.9 Å². The molecule has 13 heavy (non-hydrogen) atoms. The fourth-order valence-corrected chi connectivity index (χ4v) is 2.63. The van der Waals surface area contributed by atoms with Gasteiger partial charge in [-0.2, -0.15) is 0 Å². The second-order valence-corrected chi connectivity index (χ2v) is 4.56. The zero-order valence-electron chi connectivity index (χ0n) is 6.64. The Kier molecular flexibility index (Phi) is 2.43. The zero-order chi connectivity index (χ0) is 9.42. The Labute approximate surface area is 92.5 Å². The highest BCUT2D eigenvalue weighted by molar-refractivity contribution is 9.11. The van der Waals surface area contributed by atoms with Gasteiger partial charge in [0.1, 0.15) is 5.75 Å². The Balaban J connectivity index is 2.63. The molecule has 0 amide bonds. The molecule has 0 atom stereocenters. The number of hydrogen-bond acceptors (Lipinski definition) is 2. The molecule has 0 saturated heterocycles. The third-order valence-corrected chi connectivity index (χ3v) is 2.93. The van der Waals surface area contributed by atoms with Crippen LogP contribution in [0.1, 0.15) is 16.8 Å². The quantitative estimate of drug-likeness (QED) is 0.736. The minimum atomic E-state index is 0.142. The van der Waals surface area contributed by atoms with Gasteiger partial charge in [0.25, 0.3) is 0 Å². The molecule has 2 nitrogen and oxygen atoms in total. The molecule has 0 bridgehead atoms. The lowest BCUT2D eigenvalue weighted by Crippen LogP contribution is -2.15. The molecule has 0 aromatic heterocycles. The number of carbonyl (C=O) groups excluding carboxylic acids is 1. The summed E-state index contributed by atoms with van der Waals surface area (Å²) in [5.41, 5.74) is 0.660. The summed E-state index contributed by atoms with van der Waals surface area (Å²) in [6.07, 6.45) is 0.468. The van der Waals surface area contributed by atoms with Crippen molar-refractivity contribution in [1.29, 1.82) is 0 Å². The van der Waals surface area contributed by atoms with E-state index in [1.165, 1.54) is 0 Å². The summed E-state index contributed by atoms with van der Waals surface area (Å²) >= 11 is 6.68. The number of hydrogen-bond donors (Lipinski definition) is 0. The molecule has 4 heteroatoms. The number of benzene rings is 1. The van der Waals surface area contributed by atoms with Crippen LogP contribution in [0.25, 0.3) is 0 Å². The van der Waals surface area contributed by atoms with Crippen LogP contribution in [0.5, 0.6) is 5.75 Å². The van der Waals surface area contributed by atoms with E-state index in [4.69, 9.17) is 4.74 Å². The molecular weight excluding hydrogens is 300 g/mol. The number of Topliss-reactive ketones (excluding diaryl/α,β-unsaturated/α-hetero) is 1. The molecule has 1 heterocycles. The summed E-state index contributed by atoms with van der Waals surface area (Å²) in [6, 6.07) is 3.67. The summed E-state index contributed by atoms with van der Waals surface area (Å²) in [5, 5.41) is 0. The lowest BCUT2D eigenvalue weighted by Gasteiger charge is -2.17. The first-order chi connectivity index (χ1) is 6.18. The Bertz CT molecular complexity index is 374. The van der Waals surface area contributed by atoms with E-state index in [0.717, 1.165) is 8.95 Å². The van der Waals surface area contributed by atoms with Crippen LogP contribution in [-0.2, 0) is 0 Å². The molecule has 0 aliphatic carbocycles. The average molecular weight is 306 g/mol. The van der Waals surface area contributed by atoms with E-state index in [0.29, 0.717) is 24.3 Å². The molecule has 1 aromatic carbocycles. The van der Waals surface area contributed by atoms with Gasteiger partial charge in [0, 0.05) is 10.9 Å². The van der Waals surface area contributed by atoms with Crippen molar-refractivity contribution in [3.05, 3.63) is 26.6 Å². The third kappa shape index (κ3) is 1.65. The van der Waals surface area contributed by atoms with E-state index in [2.05, 4.69) is 31.9 Å². The van der Waals surface area contributed by atoms with Crippen molar-refractivity contribution < 1.29 is 9.53 Å². The van der Waals surface area contributed by atoms with Crippen LogP contribution in [0.4, 0.5) is 0 Å². The largest absolute Gasteiger partial charge is 0.491 e. The molecular formula is C9H6Br2O2. The molecule has 0 fully saturated rings. The highest BCUT2D eigenvalue weighted by Gasteiger charge is 2.21. The van der Waals surface area contributed by atoms with Gasteiger partial charge in [0.2, 0.25) is 0 Å². The first-order valence-corrected chi connectivity index (χ1v) is 5.42. The first kappa shape index (κ1) is 9.21. The summed E-state index contributed by atoms with van der Waals surface area (Å²) in [7, 11) is 0. The van der Waals surface area contributed by atoms with Crippen LogP contribution in [0.3, 0.4) is 0 Å². The molecule has 0 N–H and O–H groups in total. The molecule has 1 aromatic rings. The van der Waals surface area contributed by atoms with Crippen molar-refractivity contribution in [2.24, 2.45) is 0 Å². The predicted octanol–water partition coefficient (Wildman–Crippen LogP) is 3.18. The molecule has 0 radical (unpaired) electrons. The predicted molar refractivity (Wildman–Crippen MR) is 56.3 cm³/mol. The molecule has 1 aliphatic rings. The lowest BCUT2D eigenvalue weighted by molar-refractivity contribution is 0.0933. The Hall–Kier alpha value is -0.350. The minimum absolute atomic E-state index is 0.142. The minimum Gasteiger partial charge on any atom is -0.491 e. The van der Waals surface area contributed by atoms with Gasteiger partial charge in [-0.05, 0) is 28.1 Å². The fourth-order valence-electron chi connectivity index (χ4n) is 1.29. The monoisotopic (exact) mass is 304 g/mol. The van der Waals surface area contributed by atoms with Crippen LogP contribution in [0.2, 0.25) is 0 Å². The molecule has 0 unspecified atom stereocenters. The van der Waals surface area contributed by atoms with E-state index in [-0.39, 0.29) is 5.78 Å². The van der Waals surface area contributed by atoms with Crippen molar-refractivity contribution in [3.8, 4) is 5.75 Å². The van der Waals surface area contributed by atoms with E-state index < -0.39 is 0 Å². The van der Waals surface area contributed by atoms with Crippen molar-refractivity contribution in [1.82, 2.24) is 0 Å². The van der Waals surface area contributed by atoms with Crippen molar-refractivity contribution in [2.75, 3.05) is 6.61 Å². The maximum atomic E-state index is 11.5. The van der Waals surface area contributed by atoms with Gasteiger partial charge in [0.05, 0.1) is 16.6 Å². The maximum Gasteiger partial charge on any atom is 0.170 e. The first-order valence-electron chi connectivity index (χ1n) is 3.83. The van der Waals surface area contributed by atoms with Crippen LogP contribution >= 0.6 is 31.9 Å². The lowest BCUT2D eigenvalue weighted by atomic mass is 10.1. The number of fused-ring (bicyclic) bond motifs is 1. The summed E-state index contributed by atoms with van der Waals surface area (Å²) in [6.45, 7) is 0.478. The van der Waals surface area contributed by atoms with E-state index >= 15 is 0 Å². The normalized spacial score (nSPS) is 15.1. The molecule has 0 spiro atoms. The summed E-state index contributed by atoms with van der Waals surface area (Å²) in [4.78, 5) is 11.5. The van der Waals surface area contributed by atoms with E-state index in [9.17, 15) is 4.79 Å². The number of halogens is 2. The van der Waals surface area contributed by atoms with Crippen molar-refractivity contribution >= 4 is 37.6 Å². The van der Waals surface area contributed by atoms with Gasteiger partial charge in [0.15, 0.2) is 5.78 Å². The van der Waals surface area contributed by atoms with Gasteiger partial charge < -0.3 is 4.74 Å². The third-order valence-electron chi connectivity index (χ3n) is 1.88. The van der Waals surface area contributed by atoms with Gasteiger partial charge in [-0.25, -0.2) is 0 Å². The van der Waals surface area contributed by atoms with Crippen LogP contribution in [0, 0.1) is 0 Å². The second-order valence-electron chi connectivity index (χ2n) is 2.79. The SMILES string of the molecule is O=C1CCOc2c(Br)cc(Br)cc21. The summed E-state index contributed by atoms with van der Waals surface area (Å²) < 4.78 is 7.10. The topological polar surface area (TPSA) is 26.3 Å². The summed E-state index contributed by atoms with van der Waals surface area (Å²) in [5.74, 6) is 0.808. The van der Waals surface area contributed by atoms with Gasteiger partial charge >= 0.3 is 0 Å². The Morgan fingerprint density at radius 2 is 2.08 bits per heavy atom. The van der Waals surface area contributed by atoms with Crippen molar-refractivity contribution in [3.63, 3.8) is 0 Å². The standard InChI is InChI=1S/C9H6Br2O2/c10-5-3-6-8(12)1-2-13-9(6)7(11)4-5/h3-4H,1-2H2. The maximum absolute atomic E-state index is 11.5. The van der Waals surface area contributed by atoms with Crippen LogP contribution < -0.4 is 4.74 Å². The van der Waals surface area contributed by atoms with Gasteiger partial charge in [-0.3, -0.25) is 4.79 Å². The Morgan fingerprint density at radius 1 is 1.31 bits per heavy atom. The highest BCUT2D eigenvalue weighted by atomic mass is 79.9. The van der Waals surface area contributed by atoms with Crippen LogP contribution in [0.15, 0.2) is 21.1 Å². The Morgan fingerprint density at radius 3 is 2.85 bits per heavy atom. The smallest absolute Gasteiger partial charge is 0.170 e. The van der Waals surface area contributed by atoms with E-state index in [1.807, 2.05) is 6.07 Å². The highest BCUT2D eigenvalue weighted by Crippen LogP contribution is 2.35. The molecule has 0 saturated carbocycles. The van der Waals surface area contributed by atoms with Crippen LogP contribution in [-0.4, -0.2) is 12.4 Å². The second kappa shape index (κ2) is 3.42. The molecule has 1 aliphatic heterocycles. The fraction of sp³-hybridized carbons (Fsp3) is 0.222. The number of rotatable bonds is 0. The zero-order valence-corrected chi connectivity index (χ0v) is 9.81. The number of ether oxygens (including phenoxy) is 1.